The zero-order valence-corrected chi connectivity index (χ0v) is 27.8. The molecule has 2 fully saturated rings. The Morgan fingerprint density at radius 1 is 0.944 bits per heavy atom. The predicted octanol–water partition coefficient (Wildman–Crippen LogP) is 8.84. The first-order valence-corrected chi connectivity index (χ1v) is 24.2. The minimum atomic E-state index is -3.38. The van der Waals surface area contributed by atoms with Crippen molar-refractivity contribution in [3.8, 4) is 0 Å². The average Bonchev–Trinajstić information content (AvgIpc) is 3.21. The van der Waals surface area contributed by atoms with Crippen molar-refractivity contribution in [1.29, 1.82) is 0 Å². The summed E-state index contributed by atoms with van der Waals surface area (Å²) in [6, 6.07) is 9.37. The first-order chi connectivity index (χ1) is 17.1. The van der Waals surface area contributed by atoms with E-state index in [1.165, 1.54) is 45.4 Å². The summed E-state index contributed by atoms with van der Waals surface area (Å²) < 4.78 is 38.9. The van der Waals surface area contributed by atoms with Crippen molar-refractivity contribution in [2.75, 3.05) is 6.61 Å². The molecular formula is C31H54O3SSn. The molecule has 0 aliphatic heterocycles. The van der Waals surface area contributed by atoms with Crippen LogP contribution in [-0.2, 0) is 14.6 Å². The van der Waals surface area contributed by atoms with Crippen LogP contribution in [0.15, 0.2) is 35.2 Å². The van der Waals surface area contributed by atoms with Crippen molar-refractivity contribution < 1.29 is 13.2 Å². The number of hydrogen-bond acceptors (Lipinski definition) is 3. The molecule has 3 rings (SSSR count). The second kappa shape index (κ2) is 12.9. The van der Waals surface area contributed by atoms with Crippen LogP contribution in [0.4, 0.5) is 0 Å². The summed E-state index contributed by atoms with van der Waals surface area (Å²) in [5.74, 6) is 0.744. The third-order valence-electron chi connectivity index (χ3n) is 10.6. The molecule has 2 saturated carbocycles. The van der Waals surface area contributed by atoms with Crippen LogP contribution in [0.25, 0.3) is 0 Å². The van der Waals surface area contributed by atoms with Gasteiger partial charge in [0.05, 0.1) is 0 Å². The topological polar surface area (TPSA) is 43.4 Å². The number of hydrogen-bond donors (Lipinski definition) is 0. The van der Waals surface area contributed by atoms with Crippen molar-refractivity contribution >= 4 is 28.2 Å². The van der Waals surface area contributed by atoms with Gasteiger partial charge in [0, 0.05) is 0 Å². The zero-order valence-electron chi connectivity index (χ0n) is 24.2. The SMILES string of the molecule is CCC[CH2][Sn]([CH2]CCC)([CH2]CCC)[C@@H](CCO[C@@H]1C[C@@H]2CC[C@@]1(C)C2(C)C)S(=O)(=O)c1ccccc1. The van der Waals surface area contributed by atoms with Gasteiger partial charge in [-0.2, -0.15) is 0 Å². The molecular weight excluding hydrogens is 571 g/mol. The third-order valence-corrected chi connectivity index (χ3v) is 34.8. The predicted molar refractivity (Wildman–Crippen MR) is 156 cm³/mol. The van der Waals surface area contributed by atoms with E-state index < -0.39 is 28.2 Å². The van der Waals surface area contributed by atoms with E-state index in [1.54, 1.807) is 0 Å². The van der Waals surface area contributed by atoms with Gasteiger partial charge in [0.15, 0.2) is 0 Å². The van der Waals surface area contributed by atoms with Crippen molar-refractivity contribution in [3.05, 3.63) is 30.3 Å². The minimum absolute atomic E-state index is 0.182. The van der Waals surface area contributed by atoms with E-state index in [2.05, 4.69) is 41.5 Å². The Kier molecular flexibility index (Phi) is 10.9. The van der Waals surface area contributed by atoms with Gasteiger partial charge >= 0.3 is 228 Å². The normalized spacial score (nSPS) is 26.4. The Hall–Kier alpha value is -0.0713. The fourth-order valence-electron chi connectivity index (χ4n) is 7.71. The molecule has 0 spiro atoms. The molecule has 0 N–H and O–H groups in total. The van der Waals surface area contributed by atoms with Gasteiger partial charge in [-0.15, -0.1) is 0 Å². The quantitative estimate of drug-likeness (QED) is 0.173. The molecule has 1 aromatic rings. The summed E-state index contributed by atoms with van der Waals surface area (Å²) in [6.45, 7) is 14.7. The summed E-state index contributed by atoms with van der Waals surface area (Å²) in [5.41, 5.74) is 0.540. The monoisotopic (exact) mass is 626 g/mol. The maximum absolute atomic E-state index is 14.4. The Morgan fingerprint density at radius 3 is 1.94 bits per heavy atom. The molecule has 0 unspecified atom stereocenters. The molecule has 2 aliphatic rings. The number of unbranched alkanes of at least 4 members (excludes halogenated alkanes) is 3. The van der Waals surface area contributed by atoms with Crippen LogP contribution in [0.3, 0.4) is 0 Å². The number of sulfone groups is 1. The molecule has 4 atom stereocenters. The van der Waals surface area contributed by atoms with Gasteiger partial charge < -0.3 is 0 Å². The Labute approximate surface area is 227 Å². The molecule has 0 amide bonds. The van der Waals surface area contributed by atoms with E-state index in [0.29, 0.717) is 23.3 Å². The number of fused-ring (bicyclic) bond motifs is 2. The van der Waals surface area contributed by atoms with E-state index in [0.717, 1.165) is 31.6 Å². The first kappa shape index (κ1) is 30.5. The molecule has 2 aliphatic carbocycles. The number of rotatable bonds is 16. The summed E-state index contributed by atoms with van der Waals surface area (Å²) in [7, 11) is -3.38. The summed E-state index contributed by atoms with van der Waals surface area (Å²) in [5, 5.41) is 0. The van der Waals surface area contributed by atoms with Crippen molar-refractivity contribution in [2.24, 2.45) is 16.7 Å². The zero-order chi connectivity index (χ0) is 26.5. The molecule has 2 bridgehead atoms. The number of ether oxygens (including phenoxy) is 1. The van der Waals surface area contributed by atoms with Crippen LogP contribution >= 0.6 is 0 Å². The van der Waals surface area contributed by atoms with Gasteiger partial charge in [0.25, 0.3) is 0 Å². The van der Waals surface area contributed by atoms with Gasteiger partial charge in [0.1, 0.15) is 0 Å². The molecule has 1 aromatic carbocycles. The van der Waals surface area contributed by atoms with E-state index in [-0.39, 0.29) is 14.8 Å². The maximum atomic E-state index is 14.4. The summed E-state index contributed by atoms with van der Waals surface area (Å²) in [6.07, 6.45) is 11.7. The Balaban J connectivity index is 1.91. The summed E-state index contributed by atoms with van der Waals surface area (Å²) >= 11 is -3.10. The van der Waals surface area contributed by atoms with Gasteiger partial charge in [0.2, 0.25) is 0 Å². The number of benzene rings is 1. The van der Waals surface area contributed by atoms with Gasteiger partial charge in [-0.3, -0.25) is 0 Å². The van der Waals surface area contributed by atoms with E-state index in [1.807, 2.05) is 30.3 Å². The molecule has 0 saturated heterocycles. The van der Waals surface area contributed by atoms with Crippen LogP contribution in [0, 0.1) is 16.7 Å². The molecule has 3 nitrogen and oxygen atoms in total. The standard InChI is InChI=1S/C19H27O3S.3C4H9.Sn/c1-18(2)15-10-11-19(18,3)17(14-15)22-12-7-13-23(20,21)16-8-5-4-6-9-16;3*1-3-4-2;/h4-6,8-9,13,15,17H,7,10-12,14H2,1-3H3;3*1,3-4H2,2H3;/t15-,17+,19+;;;;/m0..../s1. The van der Waals surface area contributed by atoms with Crippen molar-refractivity contribution in [3.63, 3.8) is 0 Å². The second-order valence-electron chi connectivity index (χ2n) is 12.8. The van der Waals surface area contributed by atoms with Gasteiger partial charge in [-0.05, 0) is 0 Å². The van der Waals surface area contributed by atoms with Crippen molar-refractivity contribution in [2.45, 2.75) is 133 Å². The molecule has 206 valence electrons. The Morgan fingerprint density at radius 2 is 1.50 bits per heavy atom. The second-order valence-corrected chi connectivity index (χ2v) is 30.1. The van der Waals surface area contributed by atoms with E-state index in [9.17, 15) is 8.42 Å². The van der Waals surface area contributed by atoms with Crippen LogP contribution in [0.2, 0.25) is 13.3 Å². The van der Waals surface area contributed by atoms with Crippen LogP contribution in [0.5, 0.6) is 0 Å². The molecule has 0 radical (unpaired) electrons. The van der Waals surface area contributed by atoms with Crippen molar-refractivity contribution in [1.82, 2.24) is 0 Å². The molecule has 5 heteroatoms. The summed E-state index contributed by atoms with van der Waals surface area (Å²) in [4.78, 5) is 0.536. The van der Waals surface area contributed by atoms with Crippen LogP contribution in [0.1, 0.15) is 106 Å². The van der Waals surface area contributed by atoms with Crippen LogP contribution < -0.4 is 0 Å². The van der Waals surface area contributed by atoms with Gasteiger partial charge in [-0.25, -0.2) is 0 Å². The van der Waals surface area contributed by atoms with Crippen LogP contribution in [-0.4, -0.2) is 42.8 Å². The first-order valence-electron chi connectivity index (χ1n) is 15.0. The Bertz CT molecular complexity index is 891. The van der Waals surface area contributed by atoms with E-state index in [4.69, 9.17) is 4.74 Å². The van der Waals surface area contributed by atoms with Gasteiger partial charge in [-0.1, -0.05) is 0 Å². The molecule has 0 aromatic heterocycles. The molecule has 0 heterocycles. The fourth-order valence-corrected chi connectivity index (χ4v) is 34.8. The third kappa shape index (κ3) is 6.06. The fraction of sp³-hybridized carbons (Fsp3) is 0.806. The molecule has 36 heavy (non-hydrogen) atoms. The average molecular weight is 626 g/mol. The van der Waals surface area contributed by atoms with E-state index >= 15 is 0 Å².